The molecule has 0 saturated carbocycles. The van der Waals surface area contributed by atoms with Gasteiger partial charge in [0.15, 0.2) is 0 Å². The number of nitrogens with zero attached hydrogens (tertiary/aromatic N) is 2. The van der Waals surface area contributed by atoms with Crippen molar-refractivity contribution in [3.63, 3.8) is 0 Å². The van der Waals surface area contributed by atoms with Crippen LogP contribution < -0.4 is 5.32 Å². The van der Waals surface area contributed by atoms with Crippen LogP contribution in [0.25, 0.3) is 0 Å². The highest BCUT2D eigenvalue weighted by atomic mass is 15.1. The Morgan fingerprint density at radius 2 is 1.75 bits per heavy atom. The SMILES string of the molecule is C/C=C1/CC(c2ccccc2)c2ccccc2/C1=N/C(=N)NCCCN1CCCCCC1. The van der Waals surface area contributed by atoms with Gasteiger partial charge in [-0.05, 0) is 68.9 Å². The van der Waals surface area contributed by atoms with Crippen LogP contribution in [0.3, 0.4) is 0 Å². The zero-order chi connectivity index (χ0) is 22.2. The van der Waals surface area contributed by atoms with Crippen LogP contribution in [0.15, 0.2) is 71.2 Å². The number of nitrogens with one attached hydrogen (secondary N) is 2. The number of rotatable bonds is 5. The molecule has 1 aliphatic heterocycles. The third-order valence-electron chi connectivity index (χ3n) is 6.74. The zero-order valence-electron chi connectivity index (χ0n) is 19.3. The first-order chi connectivity index (χ1) is 15.8. The summed E-state index contributed by atoms with van der Waals surface area (Å²) in [6, 6.07) is 19.3. The summed E-state index contributed by atoms with van der Waals surface area (Å²) in [6.45, 7) is 6.44. The van der Waals surface area contributed by atoms with Crippen molar-refractivity contribution in [1.82, 2.24) is 10.2 Å². The molecule has 32 heavy (non-hydrogen) atoms. The van der Waals surface area contributed by atoms with Crippen LogP contribution in [-0.4, -0.2) is 42.8 Å². The third kappa shape index (κ3) is 5.55. The summed E-state index contributed by atoms with van der Waals surface area (Å²) in [4.78, 5) is 7.34. The second-order valence-corrected chi connectivity index (χ2v) is 8.91. The van der Waals surface area contributed by atoms with Gasteiger partial charge in [-0.25, -0.2) is 4.99 Å². The van der Waals surface area contributed by atoms with Crippen molar-refractivity contribution in [3.05, 3.63) is 82.9 Å². The highest BCUT2D eigenvalue weighted by Gasteiger charge is 2.28. The van der Waals surface area contributed by atoms with Crippen molar-refractivity contribution in [2.45, 2.75) is 51.4 Å². The van der Waals surface area contributed by atoms with Gasteiger partial charge >= 0.3 is 0 Å². The maximum atomic E-state index is 8.46. The van der Waals surface area contributed by atoms with Crippen LogP contribution in [0, 0.1) is 5.41 Å². The first-order valence-electron chi connectivity index (χ1n) is 12.2. The van der Waals surface area contributed by atoms with Gasteiger partial charge in [0.1, 0.15) is 0 Å². The highest BCUT2D eigenvalue weighted by Crippen LogP contribution is 2.39. The van der Waals surface area contributed by atoms with Crippen LogP contribution in [0.5, 0.6) is 0 Å². The molecule has 1 unspecified atom stereocenters. The molecule has 168 valence electrons. The summed E-state index contributed by atoms with van der Waals surface area (Å²) in [7, 11) is 0. The average molecular weight is 429 g/mol. The van der Waals surface area contributed by atoms with Crippen LogP contribution in [0.4, 0.5) is 0 Å². The Labute approximate surface area is 193 Å². The predicted molar refractivity (Wildman–Crippen MR) is 135 cm³/mol. The van der Waals surface area contributed by atoms with Gasteiger partial charge in [-0.3, -0.25) is 5.41 Å². The molecule has 0 aromatic heterocycles. The lowest BCUT2D eigenvalue weighted by Gasteiger charge is -2.29. The predicted octanol–water partition coefficient (Wildman–Crippen LogP) is 5.75. The van der Waals surface area contributed by atoms with Crippen molar-refractivity contribution >= 4 is 11.7 Å². The first-order valence-corrected chi connectivity index (χ1v) is 12.2. The molecule has 2 aliphatic rings. The Hall–Kier alpha value is -2.72. The fourth-order valence-corrected chi connectivity index (χ4v) is 5.01. The van der Waals surface area contributed by atoms with E-state index in [9.17, 15) is 0 Å². The van der Waals surface area contributed by atoms with Crippen LogP contribution >= 0.6 is 0 Å². The smallest absolute Gasteiger partial charge is 0.215 e. The molecule has 1 aliphatic carbocycles. The topological polar surface area (TPSA) is 51.5 Å². The molecule has 0 bridgehead atoms. The number of hydrogen-bond donors (Lipinski definition) is 2. The average Bonchev–Trinajstić information content (AvgIpc) is 3.11. The fourth-order valence-electron chi connectivity index (χ4n) is 5.01. The second kappa shape index (κ2) is 11.2. The van der Waals surface area contributed by atoms with E-state index in [1.807, 2.05) is 0 Å². The summed E-state index contributed by atoms with van der Waals surface area (Å²) in [5, 5.41) is 11.7. The van der Waals surface area contributed by atoms with E-state index in [0.29, 0.717) is 5.92 Å². The van der Waals surface area contributed by atoms with Gasteiger partial charge in [-0.1, -0.05) is 73.5 Å². The van der Waals surface area contributed by atoms with Crippen molar-refractivity contribution in [2.24, 2.45) is 4.99 Å². The number of likely N-dealkylation sites (tertiary alicyclic amines) is 1. The van der Waals surface area contributed by atoms with Crippen LogP contribution in [0.2, 0.25) is 0 Å². The van der Waals surface area contributed by atoms with Crippen molar-refractivity contribution in [1.29, 1.82) is 5.41 Å². The van der Waals surface area contributed by atoms with Gasteiger partial charge in [0, 0.05) is 18.0 Å². The van der Waals surface area contributed by atoms with Gasteiger partial charge in [0.2, 0.25) is 5.96 Å². The Morgan fingerprint density at radius 1 is 1.03 bits per heavy atom. The van der Waals surface area contributed by atoms with Crippen LogP contribution in [-0.2, 0) is 0 Å². The third-order valence-corrected chi connectivity index (χ3v) is 6.74. The molecule has 4 rings (SSSR count). The lowest BCUT2D eigenvalue weighted by atomic mass is 9.75. The number of hydrogen-bond acceptors (Lipinski definition) is 2. The van der Waals surface area contributed by atoms with Crippen molar-refractivity contribution < 1.29 is 0 Å². The van der Waals surface area contributed by atoms with E-state index in [1.165, 1.54) is 55.5 Å². The second-order valence-electron chi connectivity index (χ2n) is 8.91. The quantitative estimate of drug-likeness (QED) is 0.362. The minimum atomic E-state index is 0.267. The molecule has 4 heteroatoms. The standard InChI is InChI=1S/C28H36N4/c1-2-22-21-26(23-13-6-5-7-14-23)24-15-8-9-16-25(24)27(22)31-28(29)30-17-12-20-32-18-10-3-4-11-19-32/h2,5-9,13-16,26H,3-4,10-12,17-21H2,1H3,(H2,29,30)/b22-2-,31-27+. The minimum Gasteiger partial charge on any atom is -0.355 e. The number of aliphatic imine (C=N–C) groups is 1. The molecule has 0 radical (unpaired) electrons. The van der Waals surface area contributed by atoms with E-state index in [0.717, 1.165) is 37.2 Å². The summed E-state index contributed by atoms with van der Waals surface area (Å²) < 4.78 is 0. The highest BCUT2D eigenvalue weighted by molar-refractivity contribution is 6.18. The van der Waals surface area contributed by atoms with E-state index in [-0.39, 0.29) is 5.96 Å². The number of fused-ring (bicyclic) bond motifs is 1. The molecule has 0 amide bonds. The molecule has 2 aromatic carbocycles. The van der Waals surface area contributed by atoms with Crippen molar-refractivity contribution in [3.8, 4) is 0 Å². The number of guanidine groups is 1. The van der Waals surface area contributed by atoms with E-state index in [1.54, 1.807) is 0 Å². The summed E-state index contributed by atoms with van der Waals surface area (Å²) in [5.41, 5.74) is 5.95. The van der Waals surface area contributed by atoms with Gasteiger partial charge in [-0.2, -0.15) is 0 Å². The van der Waals surface area contributed by atoms with Gasteiger partial charge in [0.05, 0.1) is 5.71 Å². The van der Waals surface area contributed by atoms with E-state index < -0.39 is 0 Å². The molecule has 2 aromatic rings. The minimum absolute atomic E-state index is 0.267. The normalized spacial score (nSPS) is 21.8. The zero-order valence-corrected chi connectivity index (χ0v) is 19.3. The Bertz CT molecular complexity index is 952. The lowest BCUT2D eigenvalue weighted by molar-refractivity contribution is 0.282. The molecular formula is C28H36N4. The molecule has 2 N–H and O–H groups in total. The van der Waals surface area contributed by atoms with Crippen molar-refractivity contribution in [2.75, 3.05) is 26.2 Å². The summed E-state index contributed by atoms with van der Waals surface area (Å²) in [5.74, 6) is 0.594. The van der Waals surface area contributed by atoms with Gasteiger partial charge < -0.3 is 10.2 Å². The largest absolute Gasteiger partial charge is 0.355 e. The maximum Gasteiger partial charge on any atom is 0.215 e. The van der Waals surface area contributed by atoms with Gasteiger partial charge in [-0.15, -0.1) is 0 Å². The lowest BCUT2D eigenvalue weighted by Crippen LogP contribution is -2.30. The summed E-state index contributed by atoms with van der Waals surface area (Å²) in [6.07, 6.45) is 9.53. The number of benzene rings is 2. The summed E-state index contributed by atoms with van der Waals surface area (Å²) >= 11 is 0. The van der Waals surface area contributed by atoms with E-state index >= 15 is 0 Å². The molecular weight excluding hydrogens is 392 g/mol. The fraction of sp³-hybridized carbons (Fsp3) is 0.429. The molecule has 4 nitrogen and oxygen atoms in total. The Kier molecular flexibility index (Phi) is 7.89. The Balaban J connectivity index is 1.44. The maximum absolute atomic E-state index is 8.46. The van der Waals surface area contributed by atoms with Gasteiger partial charge in [0.25, 0.3) is 0 Å². The molecule has 1 heterocycles. The molecule has 1 atom stereocenters. The molecule has 1 fully saturated rings. The van der Waals surface area contributed by atoms with Crippen LogP contribution in [0.1, 0.15) is 68.1 Å². The van der Waals surface area contributed by atoms with E-state index in [2.05, 4.69) is 77.8 Å². The van der Waals surface area contributed by atoms with E-state index in [4.69, 9.17) is 10.4 Å². The number of allylic oxidation sites excluding steroid dienone is 2. The first kappa shape index (κ1) is 22.5. The monoisotopic (exact) mass is 428 g/mol. The molecule has 0 spiro atoms. The molecule has 1 saturated heterocycles. The Morgan fingerprint density at radius 3 is 2.50 bits per heavy atom.